The van der Waals surface area contributed by atoms with Crippen LogP contribution in [0.3, 0.4) is 0 Å². The molecule has 0 saturated carbocycles. The second-order valence-corrected chi connectivity index (χ2v) is 17.4. The molecule has 0 aromatic heterocycles. The summed E-state index contributed by atoms with van der Waals surface area (Å²) in [5.74, 6) is -4.44. The number of aliphatic hydroxyl groups excluding tert-OH is 7. The summed E-state index contributed by atoms with van der Waals surface area (Å²) in [4.78, 5) is 13.1. The summed E-state index contributed by atoms with van der Waals surface area (Å²) >= 11 is 0. The van der Waals surface area contributed by atoms with Crippen molar-refractivity contribution in [2.24, 2.45) is 29.6 Å². The van der Waals surface area contributed by atoms with Gasteiger partial charge in [0.1, 0.15) is 12.2 Å². The van der Waals surface area contributed by atoms with E-state index in [1.807, 2.05) is 20.8 Å². The normalized spacial score (nSPS) is 41.1. The molecule has 326 valence electrons. The van der Waals surface area contributed by atoms with E-state index in [-0.39, 0.29) is 69.6 Å². The van der Waals surface area contributed by atoms with E-state index in [0.29, 0.717) is 6.42 Å². The fraction of sp³-hybridized carbons (Fsp3) is 0.881. The zero-order chi connectivity index (χ0) is 41.9. The number of rotatable bonds is 11. The maximum Gasteiger partial charge on any atom is 0.306 e. The van der Waals surface area contributed by atoms with Crippen LogP contribution in [0.4, 0.5) is 0 Å². The van der Waals surface area contributed by atoms with Crippen LogP contribution in [0, 0.1) is 29.6 Å². The highest BCUT2D eigenvalue weighted by atomic mass is 16.7. The van der Waals surface area contributed by atoms with Crippen LogP contribution in [-0.4, -0.2) is 139 Å². The lowest BCUT2D eigenvalue weighted by molar-refractivity contribution is -0.318. The van der Waals surface area contributed by atoms with Gasteiger partial charge in [-0.05, 0) is 32.1 Å². The minimum atomic E-state index is -1.89. The Bertz CT molecular complexity index is 1220. The van der Waals surface area contributed by atoms with Crippen molar-refractivity contribution in [1.82, 2.24) is 0 Å². The van der Waals surface area contributed by atoms with Gasteiger partial charge in [-0.25, -0.2) is 0 Å². The molecule has 0 amide bonds. The number of allylic oxidation sites excluding steroid dienone is 2. The Morgan fingerprint density at radius 3 is 2.23 bits per heavy atom. The lowest BCUT2D eigenvalue weighted by Crippen LogP contribution is -2.55. The van der Waals surface area contributed by atoms with Gasteiger partial charge in [-0.3, -0.25) is 4.79 Å². The maximum atomic E-state index is 13.1. The van der Waals surface area contributed by atoms with Crippen LogP contribution < -0.4 is 0 Å². The predicted octanol–water partition coefficient (Wildman–Crippen LogP) is 2.88. The van der Waals surface area contributed by atoms with E-state index < -0.39 is 109 Å². The van der Waals surface area contributed by atoms with Crippen molar-refractivity contribution < 1.29 is 69.3 Å². The molecular formula is C42H74O14. The average Bonchev–Trinajstić information content (AvgIpc) is 3.11. The molecule has 18 atom stereocenters. The molecule has 56 heavy (non-hydrogen) atoms. The van der Waals surface area contributed by atoms with E-state index >= 15 is 0 Å². The Balaban J connectivity index is 1.85. The van der Waals surface area contributed by atoms with Crippen molar-refractivity contribution >= 4 is 5.97 Å². The second-order valence-electron chi connectivity index (χ2n) is 17.4. The largest absolute Gasteiger partial charge is 0.462 e. The third-order valence-electron chi connectivity index (χ3n) is 12.1. The molecule has 3 aliphatic rings. The minimum absolute atomic E-state index is 0.0189. The summed E-state index contributed by atoms with van der Waals surface area (Å²) in [5.41, 5.74) is 0. The molecule has 0 radical (unpaired) electrons. The molecular weight excluding hydrogens is 728 g/mol. The lowest BCUT2D eigenvalue weighted by Gasteiger charge is -2.46. The fourth-order valence-corrected chi connectivity index (χ4v) is 8.15. The van der Waals surface area contributed by atoms with Crippen LogP contribution in [0.1, 0.15) is 113 Å². The van der Waals surface area contributed by atoms with E-state index in [4.69, 9.17) is 23.7 Å². The van der Waals surface area contributed by atoms with Gasteiger partial charge in [0, 0.05) is 75.7 Å². The third kappa shape index (κ3) is 14.6. The minimum Gasteiger partial charge on any atom is -0.462 e. The van der Waals surface area contributed by atoms with Crippen LogP contribution in [0.25, 0.3) is 0 Å². The van der Waals surface area contributed by atoms with Gasteiger partial charge < -0.3 is 64.5 Å². The first kappa shape index (κ1) is 48.8. The number of carbonyl (C=O) groups excluding carboxylic acids is 1. The van der Waals surface area contributed by atoms with Crippen molar-refractivity contribution in [3.05, 3.63) is 24.3 Å². The third-order valence-corrected chi connectivity index (χ3v) is 12.1. The van der Waals surface area contributed by atoms with Gasteiger partial charge in [-0.1, -0.05) is 65.8 Å². The first-order valence-electron chi connectivity index (χ1n) is 20.8. The molecule has 0 aromatic carbocycles. The summed E-state index contributed by atoms with van der Waals surface area (Å²) in [7, 11) is 1.50. The van der Waals surface area contributed by atoms with Crippen molar-refractivity contribution in [1.29, 1.82) is 0 Å². The van der Waals surface area contributed by atoms with Crippen LogP contribution in [0.2, 0.25) is 0 Å². The molecule has 0 aromatic rings. The Kier molecular flexibility index (Phi) is 19.8. The van der Waals surface area contributed by atoms with E-state index in [1.54, 1.807) is 52.0 Å². The molecule has 14 heteroatoms. The SMILES string of the molecule is CO[C@@H]1C[C@H](O[C@H]2C[C@@H]3C[C@H](O)[C@@H](C)[C@](O)(C[C@@H](O)CCCC(=O)O[C@H](C[C@@H](O)[C@H](C)[C@@H](O)[C@@H](C)[C@@H](O)CC(C)C)[C@@H](C)/C=C/C=C/[C@@H](O)C2)O3)O[C@H](C)[C@H]1O. The molecule has 2 bridgehead atoms. The van der Waals surface area contributed by atoms with Crippen LogP contribution in [-0.2, 0) is 28.5 Å². The van der Waals surface area contributed by atoms with E-state index in [9.17, 15) is 45.6 Å². The van der Waals surface area contributed by atoms with Crippen LogP contribution in [0.15, 0.2) is 24.3 Å². The summed E-state index contributed by atoms with van der Waals surface area (Å²) in [6.07, 6.45) is -2.63. The summed E-state index contributed by atoms with van der Waals surface area (Å²) in [6, 6.07) is 0. The number of ether oxygens (including phenoxy) is 5. The van der Waals surface area contributed by atoms with Crippen LogP contribution >= 0.6 is 0 Å². The van der Waals surface area contributed by atoms with Crippen molar-refractivity contribution in [2.45, 2.75) is 198 Å². The summed E-state index contributed by atoms with van der Waals surface area (Å²) in [5, 5.41) is 88.3. The van der Waals surface area contributed by atoms with E-state index in [0.717, 1.165) is 0 Å². The van der Waals surface area contributed by atoms with Crippen LogP contribution in [0.5, 0.6) is 0 Å². The number of aliphatic hydroxyl groups is 8. The zero-order valence-corrected chi connectivity index (χ0v) is 34.8. The number of hydrogen-bond acceptors (Lipinski definition) is 14. The van der Waals surface area contributed by atoms with Gasteiger partial charge in [-0.15, -0.1) is 0 Å². The Labute approximate surface area is 333 Å². The first-order valence-corrected chi connectivity index (χ1v) is 20.8. The molecule has 3 aliphatic heterocycles. The fourth-order valence-electron chi connectivity index (χ4n) is 8.15. The standard InChI is InChI=1S/C42H74O14/c1-23(2)16-33(45)25(4)40(49)26(5)34(46)20-36-24(3)12-9-10-13-29(43)17-31(54-39-21-37(52-8)41(50)28(7)53-39)18-32-19-35(47)27(6)42(51,56-32)22-30(44)14-11-15-38(48)55-36/h9-10,12-13,23-37,39-41,43-47,49-51H,11,14-22H2,1-8H3/b12-9+,13-10+/t24-,25-,26-,27+,28+,29+,30-,31+,32+,33-,34+,35-,36+,37+,39-,40-,41+,42-/m0/s1. The lowest BCUT2D eigenvalue weighted by atomic mass is 9.81. The van der Waals surface area contributed by atoms with Gasteiger partial charge in [0.05, 0.1) is 61.0 Å². The predicted molar refractivity (Wildman–Crippen MR) is 208 cm³/mol. The highest BCUT2D eigenvalue weighted by Crippen LogP contribution is 2.39. The molecule has 3 heterocycles. The van der Waals surface area contributed by atoms with Gasteiger partial charge in [0.25, 0.3) is 0 Å². The summed E-state index contributed by atoms with van der Waals surface area (Å²) in [6.45, 7) is 12.6. The van der Waals surface area contributed by atoms with Crippen molar-refractivity contribution in [2.75, 3.05) is 7.11 Å². The highest BCUT2D eigenvalue weighted by molar-refractivity contribution is 5.69. The van der Waals surface area contributed by atoms with Crippen molar-refractivity contribution in [3.8, 4) is 0 Å². The molecule has 0 aliphatic carbocycles. The first-order chi connectivity index (χ1) is 26.2. The monoisotopic (exact) mass is 803 g/mol. The van der Waals surface area contributed by atoms with E-state index in [2.05, 4.69) is 0 Å². The average molecular weight is 803 g/mol. The quantitative estimate of drug-likeness (QED) is 0.141. The molecule has 8 N–H and O–H groups in total. The number of carbonyl (C=O) groups is 1. The second kappa shape index (κ2) is 22.7. The highest BCUT2D eigenvalue weighted by Gasteiger charge is 2.48. The summed E-state index contributed by atoms with van der Waals surface area (Å²) < 4.78 is 29.9. The van der Waals surface area contributed by atoms with Gasteiger partial charge in [-0.2, -0.15) is 0 Å². The molecule has 14 nitrogen and oxygen atoms in total. The zero-order valence-electron chi connectivity index (χ0n) is 34.8. The Morgan fingerprint density at radius 2 is 1.57 bits per heavy atom. The molecule has 3 rings (SSSR count). The topological polar surface area (TPSA) is 225 Å². The van der Waals surface area contributed by atoms with E-state index in [1.165, 1.54) is 7.11 Å². The Morgan fingerprint density at radius 1 is 0.911 bits per heavy atom. The molecule has 2 fully saturated rings. The van der Waals surface area contributed by atoms with Crippen molar-refractivity contribution in [3.63, 3.8) is 0 Å². The number of fused-ring (bicyclic) bond motifs is 2. The van der Waals surface area contributed by atoms with Gasteiger partial charge >= 0.3 is 5.97 Å². The molecule has 0 unspecified atom stereocenters. The number of esters is 1. The van der Waals surface area contributed by atoms with Gasteiger partial charge in [0.2, 0.25) is 0 Å². The number of methoxy groups -OCH3 is 1. The molecule has 0 spiro atoms. The Hall–Kier alpha value is -1.53. The maximum absolute atomic E-state index is 13.1. The van der Waals surface area contributed by atoms with Gasteiger partial charge in [0.15, 0.2) is 12.1 Å². The smallest absolute Gasteiger partial charge is 0.306 e. The number of hydrogen-bond donors (Lipinski definition) is 8. The molecule has 2 saturated heterocycles. The number of cyclic esters (lactones) is 1.